The minimum atomic E-state index is -0.693. The van der Waals surface area contributed by atoms with E-state index in [1.165, 1.54) is 20.3 Å². The maximum absolute atomic E-state index is 12.0. The van der Waals surface area contributed by atoms with Crippen LogP contribution < -0.4 is 4.74 Å². The Balaban J connectivity index is 2.10. The average Bonchev–Trinajstić information content (AvgIpc) is 2.92. The van der Waals surface area contributed by atoms with Gasteiger partial charge in [-0.1, -0.05) is 19.9 Å². The van der Waals surface area contributed by atoms with E-state index in [9.17, 15) is 20.0 Å². The molecule has 0 aliphatic heterocycles. The van der Waals surface area contributed by atoms with Crippen molar-refractivity contribution in [1.82, 2.24) is 4.90 Å². The number of benzene rings is 2. The first-order valence-corrected chi connectivity index (χ1v) is 12.3. The van der Waals surface area contributed by atoms with E-state index in [0.717, 1.165) is 24.1 Å². The number of nitriles is 1. The highest BCUT2D eigenvalue weighted by atomic mass is 16.5. The van der Waals surface area contributed by atoms with Crippen LogP contribution in [0.2, 0.25) is 0 Å². The van der Waals surface area contributed by atoms with Gasteiger partial charge in [0.1, 0.15) is 5.75 Å². The fourth-order valence-electron chi connectivity index (χ4n) is 4.56. The van der Waals surface area contributed by atoms with E-state index in [2.05, 4.69) is 11.0 Å². The number of hydrogen-bond acceptors (Lipinski definition) is 8. The van der Waals surface area contributed by atoms with Crippen LogP contribution in [0.15, 0.2) is 36.4 Å². The Kier molecular flexibility index (Phi) is 11.1. The van der Waals surface area contributed by atoms with E-state index in [0.29, 0.717) is 41.8 Å². The molecule has 0 fully saturated rings. The van der Waals surface area contributed by atoms with Gasteiger partial charge in [0.25, 0.3) is 0 Å². The molecule has 1 unspecified atom stereocenters. The lowest BCUT2D eigenvalue weighted by Crippen LogP contribution is -2.32. The van der Waals surface area contributed by atoms with Gasteiger partial charge in [-0.3, -0.25) is 0 Å². The SMILES string of the molecule is COC(=O)c1cc(CCN(C)CCCC(C#N)(c2ccc(OC)c(CO)c2)C(C)C)cc(C(=O)OC)c1. The second-order valence-corrected chi connectivity index (χ2v) is 9.48. The van der Waals surface area contributed by atoms with Gasteiger partial charge in [0.2, 0.25) is 0 Å². The van der Waals surface area contributed by atoms with Crippen LogP contribution in [0.25, 0.3) is 0 Å². The van der Waals surface area contributed by atoms with E-state index in [-0.39, 0.29) is 12.5 Å². The molecule has 1 atom stereocenters. The van der Waals surface area contributed by atoms with Crippen LogP contribution in [-0.2, 0) is 27.9 Å². The summed E-state index contributed by atoms with van der Waals surface area (Å²) in [6, 6.07) is 13.1. The molecule has 2 rings (SSSR count). The van der Waals surface area contributed by atoms with Crippen molar-refractivity contribution in [3.63, 3.8) is 0 Å². The van der Waals surface area contributed by atoms with Gasteiger partial charge in [0, 0.05) is 12.1 Å². The molecule has 8 nitrogen and oxygen atoms in total. The molecule has 0 radical (unpaired) electrons. The number of rotatable bonds is 13. The molecule has 200 valence electrons. The van der Waals surface area contributed by atoms with E-state index >= 15 is 0 Å². The Morgan fingerprint density at radius 1 is 1.03 bits per heavy atom. The Hall–Kier alpha value is -3.41. The summed E-state index contributed by atoms with van der Waals surface area (Å²) in [6.45, 7) is 5.39. The van der Waals surface area contributed by atoms with Crippen molar-refractivity contribution < 1.29 is 28.9 Å². The summed E-state index contributed by atoms with van der Waals surface area (Å²) in [6.07, 6.45) is 2.07. The van der Waals surface area contributed by atoms with Crippen LogP contribution in [0.5, 0.6) is 5.75 Å². The van der Waals surface area contributed by atoms with Crippen molar-refractivity contribution in [1.29, 1.82) is 5.26 Å². The number of carbonyl (C=O) groups excluding carboxylic acids is 2. The Labute approximate surface area is 219 Å². The molecule has 0 spiro atoms. The molecule has 1 N–H and O–H groups in total. The van der Waals surface area contributed by atoms with Crippen LogP contribution in [0.3, 0.4) is 0 Å². The summed E-state index contributed by atoms with van der Waals surface area (Å²) in [4.78, 5) is 26.3. The van der Waals surface area contributed by atoms with Gasteiger partial charge in [0.15, 0.2) is 0 Å². The Bertz CT molecular complexity index is 1090. The number of likely N-dealkylation sites (N-methyl/N-ethyl adjacent to an activating group) is 1. The molecule has 0 aliphatic rings. The van der Waals surface area contributed by atoms with Crippen molar-refractivity contribution >= 4 is 11.9 Å². The molecular weight excluding hydrogens is 472 g/mol. The molecule has 2 aromatic rings. The summed E-state index contributed by atoms with van der Waals surface area (Å²) >= 11 is 0. The molecule has 37 heavy (non-hydrogen) atoms. The van der Waals surface area contributed by atoms with Crippen molar-refractivity contribution in [2.45, 2.75) is 45.1 Å². The quantitative estimate of drug-likeness (QED) is 0.401. The van der Waals surface area contributed by atoms with Crippen molar-refractivity contribution in [2.75, 3.05) is 41.5 Å². The fraction of sp³-hybridized carbons (Fsp3) is 0.483. The number of methoxy groups -OCH3 is 3. The van der Waals surface area contributed by atoms with Crippen molar-refractivity contribution in [3.8, 4) is 11.8 Å². The van der Waals surface area contributed by atoms with Crippen LogP contribution >= 0.6 is 0 Å². The third-order valence-corrected chi connectivity index (χ3v) is 6.88. The molecule has 0 saturated carbocycles. The maximum atomic E-state index is 12.0. The second-order valence-electron chi connectivity index (χ2n) is 9.48. The summed E-state index contributed by atoms with van der Waals surface area (Å²) in [5, 5.41) is 20.0. The number of esters is 2. The van der Waals surface area contributed by atoms with Gasteiger partial charge in [-0.15, -0.1) is 0 Å². The van der Waals surface area contributed by atoms with E-state index in [1.807, 2.05) is 39.1 Å². The number of aliphatic hydroxyl groups is 1. The molecule has 0 saturated heterocycles. The third-order valence-electron chi connectivity index (χ3n) is 6.88. The zero-order valence-corrected chi connectivity index (χ0v) is 22.7. The van der Waals surface area contributed by atoms with E-state index < -0.39 is 17.4 Å². The van der Waals surface area contributed by atoms with Gasteiger partial charge in [-0.05, 0) is 80.2 Å². The minimum absolute atomic E-state index is 0.0700. The van der Waals surface area contributed by atoms with Gasteiger partial charge in [-0.25, -0.2) is 9.59 Å². The normalized spacial score (nSPS) is 12.6. The van der Waals surface area contributed by atoms with Crippen LogP contribution in [0.1, 0.15) is 64.1 Å². The predicted molar refractivity (Wildman–Crippen MR) is 141 cm³/mol. The zero-order valence-electron chi connectivity index (χ0n) is 22.7. The highest BCUT2D eigenvalue weighted by Gasteiger charge is 2.36. The fourth-order valence-corrected chi connectivity index (χ4v) is 4.56. The number of hydrogen-bond donors (Lipinski definition) is 1. The average molecular weight is 511 g/mol. The molecule has 8 heteroatoms. The van der Waals surface area contributed by atoms with Gasteiger partial charge < -0.3 is 24.2 Å². The lowest BCUT2D eigenvalue weighted by atomic mass is 9.69. The van der Waals surface area contributed by atoms with Gasteiger partial charge in [0.05, 0.1) is 50.5 Å². The van der Waals surface area contributed by atoms with Gasteiger partial charge in [-0.2, -0.15) is 5.26 Å². The number of aliphatic hydroxyl groups excluding tert-OH is 1. The molecule has 0 aromatic heterocycles. The third kappa shape index (κ3) is 7.31. The molecule has 0 aliphatic carbocycles. The van der Waals surface area contributed by atoms with Crippen molar-refractivity contribution in [3.05, 3.63) is 64.2 Å². The molecule has 0 heterocycles. The lowest BCUT2D eigenvalue weighted by Gasteiger charge is -2.32. The topological polar surface area (TPSA) is 109 Å². The minimum Gasteiger partial charge on any atom is -0.496 e. The first-order valence-electron chi connectivity index (χ1n) is 12.3. The highest BCUT2D eigenvalue weighted by Crippen LogP contribution is 2.38. The van der Waals surface area contributed by atoms with Crippen LogP contribution in [0, 0.1) is 17.2 Å². The summed E-state index contributed by atoms with van der Waals surface area (Å²) in [5.41, 5.74) is 2.30. The van der Waals surface area contributed by atoms with E-state index in [4.69, 9.17) is 14.2 Å². The summed E-state index contributed by atoms with van der Waals surface area (Å²) in [5.74, 6) is -0.344. The monoisotopic (exact) mass is 510 g/mol. The number of nitrogens with zero attached hydrogens (tertiary/aromatic N) is 2. The highest BCUT2D eigenvalue weighted by molar-refractivity contribution is 5.95. The number of ether oxygens (including phenoxy) is 3. The Morgan fingerprint density at radius 2 is 1.65 bits per heavy atom. The standard InChI is InChI=1S/C29H38N2O6/c1-20(2)29(19-30,25-8-9-26(35-4)24(17-25)18-32)11-7-12-31(3)13-10-21-14-22(27(33)36-5)16-23(15-21)28(34)37-6/h8-9,14-17,20,32H,7,10-13,18H2,1-6H3. The van der Waals surface area contributed by atoms with Crippen LogP contribution in [0.4, 0.5) is 0 Å². The zero-order chi connectivity index (χ0) is 27.6. The number of carbonyl (C=O) groups is 2. The van der Waals surface area contributed by atoms with Crippen molar-refractivity contribution in [2.24, 2.45) is 5.92 Å². The lowest BCUT2D eigenvalue weighted by molar-refractivity contribution is 0.0599. The summed E-state index contributed by atoms with van der Waals surface area (Å²) in [7, 11) is 6.17. The smallest absolute Gasteiger partial charge is 0.337 e. The maximum Gasteiger partial charge on any atom is 0.337 e. The van der Waals surface area contributed by atoms with Crippen LogP contribution in [-0.4, -0.2) is 63.4 Å². The molecule has 0 amide bonds. The molecule has 0 bridgehead atoms. The largest absolute Gasteiger partial charge is 0.496 e. The summed E-state index contributed by atoms with van der Waals surface area (Å²) < 4.78 is 15.0. The van der Waals surface area contributed by atoms with E-state index in [1.54, 1.807) is 19.2 Å². The first kappa shape index (κ1) is 29.8. The Morgan fingerprint density at radius 3 is 2.14 bits per heavy atom. The molecular formula is C29H38N2O6. The first-order chi connectivity index (χ1) is 17.6. The second kappa shape index (κ2) is 13.8. The predicted octanol–water partition coefficient (Wildman–Crippen LogP) is 4.13. The molecule has 2 aromatic carbocycles. The van der Waals surface area contributed by atoms with Gasteiger partial charge >= 0.3 is 11.9 Å².